The molecular formula is C31H37N3O4S. The van der Waals surface area contributed by atoms with Gasteiger partial charge in [-0.05, 0) is 80.6 Å². The summed E-state index contributed by atoms with van der Waals surface area (Å²) in [5, 5.41) is 11.0. The fraction of sp³-hybridized carbons (Fsp3) is 0.516. The topological polar surface area (TPSA) is 75.0 Å². The summed E-state index contributed by atoms with van der Waals surface area (Å²) >= 11 is 0. The van der Waals surface area contributed by atoms with Gasteiger partial charge in [0, 0.05) is 41.5 Å². The molecule has 1 aromatic heterocycles. The summed E-state index contributed by atoms with van der Waals surface area (Å²) in [4.78, 5) is 14.3. The Balaban J connectivity index is 1.49. The first-order chi connectivity index (χ1) is 18.8. The molecule has 7 nitrogen and oxygen atoms in total. The summed E-state index contributed by atoms with van der Waals surface area (Å²) in [5.74, 6) is 0.512. The summed E-state index contributed by atoms with van der Waals surface area (Å²) in [6.45, 7) is 4.39. The second-order valence-electron chi connectivity index (χ2n) is 12.2. The molecule has 0 amide bonds. The Hall–Kier alpha value is -2.68. The van der Waals surface area contributed by atoms with Gasteiger partial charge in [0.15, 0.2) is 0 Å². The first kappa shape index (κ1) is 25.3. The molecule has 3 unspecified atom stereocenters. The smallest absolute Gasteiger partial charge is 0.335 e. The number of carbonyl (C=O) groups is 1. The number of rotatable bonds is 5. The lowest BCUT2D eigenvalue weighted by Crippen LogP contribution is -2.40. The predicted octanol–water partition coefficient (Wildman–Crippen LogP) is 5.56. The van der Waals surface area contributed by atoms with E-state index in [2.05, 4.69) is 39.9 Å². The number of ether oxygens (including phenoxy) is 1. The van der Waals surface area contributed by atoms with Crippen LogP contribution < -0.4 is 4.74 Å². The highest BCUT2D eigenvalue weighted by Crippen LogP contribution is 2.63. The number of likely N-dealkylation sites (N-methyl/N-ethyl adjacent to an activating group) is 1. The number of benzene rings is 2. The lowest BCUT2D eigenvalue weighted by Gasteiger charge is -2.27. The Kier molecular flexibility index (Phi) is 5.95. The van der Waals surface area contributed by atoms with Gasteiger partial charge in [-0.1, -0.05) is 25.3 Å². The summed E-state index contributed by atoms with van der Waals surface area (Å²) in [7, 11) is 2.60. The molecule has 2 aliphatic heterocycles. The molecule has 3 heterocycles. The molecular weight excluding hydrogens is 510 g/mol. The van der Waals surface area contributed by atoms with Gasteiger partial charge in [-0.3, -0.25) is 4.90 Å². The normalized spacial score (nSPS) is 28.0. The maximum atomic E-state index is 14.5. The molecule has 0 radical (unpaired) electrons. The van der Waals surface area contributed by atoms with Crippen molar-refractivity contribution in [2.45, 2.75) is 74.6 Å². The Morgan fingerprint density at radius 2 is 1.92 bits per heavy atom. The minimum absolute atomic E-state index is 0.165. The first-order valence-corrected chi connectivity index (χ1v) is 15.4. The third kappa shape index (κ3) is 3.82. The van der Waals surface area contributed by atoms with E-state index in [1.807, 2.05) is 18.2 Å². The second-order valence-corrected chi connectivity index (χ2v) is 14.0. The zero-order valence-electron chi connectivity index (χ0n) is 23.0. The van der Waals surface area contributed by atoms with E-state index in [0.29, 0.717) is 24.7 Å². The highest BCUT2D eigenvalue weighted by Gasteiger charge is 2.64. The van der Waals surface area contributed by atoms with E-state index in [9.17, 15) is 14.1 Å². The zero-order chi connectivity index (χ0) is 27.1. The van der Waals surface area contributed by atoms with E-state index in [1.165, 1.54) is 41.6 Å². The van der Waals surface area contributed by atoms with Crippen molar-refractivity contribution in [3.8, 4) is 17.0 Å². The number of carboxylic acids is 1. The van der Waals surface area contributed by atoms with E-state index in [1.54, 1.807) is 13.2 Å². The number of fused-ring (bicyclic) bond motifs is 7. The van der Waals surface area contributed by atoms with Gasteiger partial charge in [-0.25, -0.2) is 13.3 Å². The van der Waals surface area contributed by atoms with E-state index < -0.39 is 21.7 Å². The standard InChI is InChI=1S/C31H37N3O4S/c1-19-16-32(2)18-34(19)39(37)31-15-26(31)25-14-22(38-3)10-12-23(25)29-28(20-7-5-4-6-8-20)24-11-9-21(30(35)36)13-27(24)33(29)17-31/h9-14,19-20,26H,4-8,15-18H2,1-3H3,(H,35,36)/t19-,26?,31?,39?/m0/s1. The molecule has 3 fully saturated rings. The largest absolute Gasteiger partial charge is 0.497 e. The fourth-order valence-corrected chi connectivity index (χ4v) is 9.82. The highest BCUT2D eigenvalue weighted by atomic mass is 32.2. The molecule has 7 rings (SSSR count). The Morgan fingerprint density at radius 1 is 1.13 bits per heavy atom. The number of aromatic nitrogens is 1. The van der Waals surface area contributed by atoms with Gasteiger partial charge in [-0.15, -0.1) is 0 Å². The number of nitrogens with zero attached hydrogens (tertiary/aromatic N) is 3. The van der Waals surface area contributed by atoms with Crippen LogP contribution in [0.1, 0.15) is 78.8 Å². The number of hydrogen-bond donors (Lipinski definition) is 1. The van der Waals surface area contributed by atoms with Crippen molar-refractivity contribution in [3.05, 3.63) is 53.1 Å². The quantitative estimate of drug-likeness (QED) is 0.453. The van der Waals surface area contributed by atoms with Crippen molar-refractivity contribution in [3.63, 3.8) is 0 Å². The van der Waals surface area contributed by atoms with Crippen molar-refractivity contribution in [1.82, 2.24) is 13.8 Å². The molecule has 8 heteroatoms. The molecule has 2 aliphatic carbocycles. The molecule has 2 aromatic carbocycles. The third-order valence-electron chi connectivity index (χ3n) is 9.71. The summed E-state index contributed by atoms with van der Waals surface area (Å²) in [5.41, 5.74) is 6.23. The van der Waals surface area contributed by atoms with Gasteiger partial charge in [0.25, 0.3) is 0 Å². The molecule has 4 atom stereocenters. The molecule has 1 N–H and O–H groups in total. The van der Waals surface area contributed by atoms with Gasteiger partial charge in [0.05, 0.1) is 29.8 Å². The van der Waals surface area contributed by atoms with Crippen molar-refractivity contribution in [2.75, 3.05) is 27.4 Å². The van der Waals surface area contributed by atoms with Crippen LogP contribution in [0.5, 0.6) is 5.75 Å². The minimum atomic E-state index is -1.20. The maximum absolute atomic E-state index is 14.5. The SMILES string of the molecule is COc1ccc2c(c1)C1CC1(S(=O)N1CN(C)C[C@@H]1C)Cn1c-2c(C2CCCCC2)c2ccc(C(=O)O)cc21. The van der Waals surface area contributed by atoms with Crippen molar-refractivity contribution >= 4 is 27.9 Å². The van der Waals surface area contributed by atoms with Crippen LogP contribution in [0.25, 0.3) is 22.2 Å². The third-order valence-corrected chi connectivity index (χ3v) is 11.9. The molecule has 39 heavy (non-hydrogen) atoms. The van der Waals surface area contributed by atoms with E-state index in [-0.39, 0.29) is 12.0 Å². The number of methoxy groups -OCH3 is 1. The Labute approximate surface area is 232 Å². The zero-order valence-corrected chi connectivity index (χ0v) is 23.8. The summed E-state index contributed by atoms with van der Waals surface area (Å²) in [6, 6.07) is 12.2. The molecule has 0 spiro atoms. The van der Waals surface area contributed by atoms with Gasteiger partial charge in [0.2, 0.25) is 0 Å². The minimum Gasteiger partial charge on any atom is -0.497 e. The second kappa shape index (κ2) is 9.18. The van der Waals surface area contributed by atoms with Gasteiger partial charge in [0.1, 0.15) is 16.7 Å². The molecule has 4 aliphatic rings. The van der Waals surface area contributed by atoms with Crippen LogP contribution in [0.4, 0.5) is 0 Å². The summed E-state index contributed by atoms with van der Waals surface area (Å²) in [6.07, 6.45) is 6.86. The van der Waals surface area contributed by atoms with Crippen LogP contribution in [-0.2, 0) is 17.5 Å². The molecule has 1 saturated heterocycles. The highest BCUT2D eigenvalue weighted by molar-refractivity contribution is 7.84. The van der Waals surface area contributed by atoms with Gasteiger partial charge < -0.3 is 14.4 Å². The van der Waals surface area contributed by atoms with E-state index in [0.717, 1.165) is 42.5 Å². The summed E-state index contributed by atoms with van der Waals surface area (Å²) < 4.78 is 24.3. The van der Waals surface area contributed by atoms with Gasteiger partial charge in [-0.2, -0.15) is 0 Å². The average Bonchev–Trinajstić information content (AvgIpc) is 3.48. The van der Waals surface area contributed by atoms with Crippen LogP contribution in [0.15, 0.2) is 36.4 Å². The van der Waals surface area contributed by atoms with Crippen LogP contribution in [0.3, 0.4) is 0 Å². The van der Waals surface area contributed by atoms with E-state index in [4.69, 9.17) is 4.74 Å². The Bertz CT molecular complexity index is 1510. The van der Waals surface area contributed by atoms with Crippen LogP contribution in [0, 0.1) is 0 Å². The van der Waals surface area contributed by atoms with Crippen molar-refractivity contribution < 1.29 is 18.8 Å². The van der Waals surface area contributed by atoms with E-state index >= 15 is 0 Å². The van der Waals surface area contributed by atoms with Crippen LogP contribution in [-0.4, -0.2) is 67.2 Å². The first-order valence-electron chi connectivity index (χ1n) is 14.3. The number of carboxylic acid groups (broad SMARTS) is 1. The fourth-order valence-electron chi connectivity index (χ4n) is 7.74. The molecule has 206 valence electrons. The Morgan fingerprint density at radius 3 is 2.62 bits per heavy atom. The monoisotopic (exact) mass is 547 g/mol. The van der Waals surface area contributed by atoms with Gasteiger partial charge >= 0.3 is 5.97 Å². The predicted molar refractivity (Wildman–Crippen MR) is 154 cm³/mol. The maximum Gasteiger partial charge on any atom is 0.335 e. The number of hydrogen-bond acceptors (Lipinski definition) is 4. The van der Waals surface area contributed by atoms with Crippen molar-refractivity contribution in [2.24, 2.45) is 0 Å². The number of aromatic carboxylic acids is 1. The van der Waals surface area contributed by atoms with Crippen molar-refractivity contribution in [1.29, 1.82) is 0 Å². The lowest BCUT2D eigenvalue weighted by molar-refractivity contribution is 0.0697. The molecule has 3 aromatic rings. The molecule has 2 saturated carbocycles. The average molecular weight is 548 g/mol. The van der Waals surface area contributed by atoms with Crippen LogP contribution >= 0.6 is 0 Å². The lowest BCUT2D eigenvalue weighted by atomic mass is 9.81. The molecule has 0 bridgehead atoms. The van der Waals surface area contributed by atoms with Crippen LogP contribution in [0.2, 0.25) is 0 Å².